The molecule has 1 saturated heterocycles. The summed E-state index contributed by atoms with van der Waals surface area (Å²) >= 11 is 0. The summed E-state index contributed by atoms with van der Waals surface area (Å²) in [5, 5.41) is -2.10. The Kier molecular flexibility index (Phi) is 36.7. The molecule has 3 radical (unpaired) electrons. The molecule has 4 unspecified atom stereocenters. The molecule has 7 atom stereocenters. The predicted molar refractivity (Wildman–Crippen MR) is 300 cm³/mol. The highest BCUT2D eigenvalue weighted by atomic mass is 31.3. The van der Waals surface area contributed by atoms with Crippen molar-refractivity contribution >= 4 is 53.9 Å². The Bertz CT molecular complexity index is 2360. The number of aromatic nitrogens is 2. The van der Waals surface area contributed by atoms with Gasteiger partial charge >= 0.3 is 42.6 Å². The minimum atomic E-state index is -6.79. The zero-order chi connectivity index (χ0) is 60.2. The molecule has 0 amide bonds. The van der Waals surface area contributed by atoms with Gasteiger partial charge in [0.1, 0.15) is 26.0 Å². The first-order valence-corrected chi connectivity index (χ1v) is 34.0. The molecule has 0 saturated carbocycles. The number of carbonyl (C=O) groups excluding carboxylic acids is 4. The SMILES string of the molecule is [B-][P@](=O)(OC[C@H]1O[C@@H](n2cc(C)c(=O)[nH]c2=O)CC1N=[N+]=[N-])OP(=O)(O)C(F)(F)P(=O)(O)CCOC(=O)CCC(=O)OCC(COC(=O)CCCCCCCCCCCCCCC)OC(=O)CCCCCCCCCCCCCCC. The van der Waals surface area contributed by atoms with Gasteiger partial charge in [0.05, 0.1) is 45.2 Å². The number of halogens is 2. The molecule has 1 fully saturated rings. The third kappa shape index (κ3) is 30.6. The summed E-state index contributed by atoms with van der Waals surface area (Å²) in [6.07, 6.45) is 23.7. The number of esters is 4. The second kappa shape index (κ2) is 40.5. The van der Waals surface area contributed by atoms with Crippen molar-refractivity contribution < 1.29 is 84.0 Å². The normalized spacial score (nSPS) is 18.0. The quantitative estimate of drug-likeness (QED) is 0.00797. The largest absolute Gasteiger partial charge is 0.465 e. The number of H-pyrrole nitrogens is 1. The summed E-state index contributed by atoms with van der Waals surface area (Å²) in [5.74, 6) is -3.33. The van der Waals surface area contributed by atoms with E-state index in [1.54, 1.807) is 0 Å². The average Bonchev–Trinajstić information content (AvgIpc) is 4.00. The second-order valence-electron chi connectivity index (χ2n) is 20.7. The van der Waals surface area contributed by atoms with Crippen LogP contribution >= 0.6 is 22.4 Å². The molecule has 2 heterocycles. The van der Waals surface area contributed by atoms with Gasteiger partial charge in [-0.05, 0) is 25.3 Å². The molecular weight excluding hydrogens is 1120 g/mol. The fourth-order valence-electron chi connectivity index (χ4n) is 8.77. The number of aromatic amines is 1. The summed E-state index contributed by atoms with van der Waals surface area (Å²) < 4.78 is 105. The first-order valence-electron chi connectivity index (χ1n) is 28.9. The Hall–Kier alpha value is -3.72. The highest BCUT2D eigenvalue weighted by molar-refractivity contribution is 7.86. The van der Waals surface area contributed by atoms with Gasteiger partial charge in [-0.25, -0.2) is 4.79 Å². The van der Waals surface area contributed by atoms with Crippen molar-refractivity contribution in [3.63, 3.8) is 0 Å². The molecule has 29 heteroatoms. The number of rotatable bonds is 48. The molecule has 1 aliphatic rings. The monoisotopic (exact) mass is 1210 g/mol. The summed E-state index contributed by atoms with van der Waals surface area (Å²) in [7, 11) is -13.2. The third-order valence-electron chi connectivity index (χ3n) is 13.6. The van der Waals surface area contributed by atoms with E-state index in [1.165, 1.54) is 110 Å². The van der Waals surface area contributed by atoms with E-state index in [0.29, 0.717) is 12.8 Å². The van der Waals surface area contributed by atoms with Crippen LogP contribution in [0.5, 0.6) is 0 Å². The third-order valence-corrected chi connectivity index (χ3v) is 19.9. The molecular formula is C52H89BF2N5O18P3-. The number of hydrogen-bond donors (Lipinski definition) is 3. The van der Waals surface area contributed by atoms with Crippen LogP contribution in [0, 0.1) is 6.92 Å². The average molecular weight is 1210 g/mol. The molecule has 81 heavy (non-hydrogen) atoms. The summed E-state index contributed by atoms with van der Waals surface area (Å²) in [6, 6.07) is -1.19. The Morgan fingerprint density at radius 1 is 0.741 bits per heavy atom. The topological polar surface area (TPSA) is 328 Å². The molecule has 463 valence electrons. The van der Waals surface area contributed by atoms with Crippen LogP contribution in [0.25, 0.3) is 10.4 Å². The first-order chi connectivity index (χ1) is 38.5. The second-order valence-corrected chi connectivity index (χ2v) is 27.0. The van der Waals surface area contributed by atoms with E-state index in [1.807, 2.05) is 4.98 Å². The molecule has 1 aliphatic heterocycles. The lowest BCUT2D eigenvalue weighted by Crippen LogP contribution is -2.33. The van der Waals surface area contributed by atoms with Crippen molar-refractivity contribution in [2.45, 2.75) is 250 Å². The smallest absolute Gasteiger partial charge is 0.418 e. The lowest BCUT2D eigenvalue weighted by molar-refractivity contribution is -0.167. The molecule has 1 aromatic rings. The van der Waals surface area contributed by atoms with E-state index < -0.39 is 133 Å². The number of carbonyl (C=O) groups is 4. The Morgan fingerprint density at radius 3 is 1.64 bits per heavy atom. The minimum Gasteiger partial charge on any atom is -0.465 e. The van der Waals surface area contributed by atoms with Crippen molar-refractivity contribution in [2.75, 3.05) is 32.6 Å². The standard InChI is InChI=1S/C52H89BF2N5O18P3/c1-4-6-8-10-12-14-16-18-20-22-24-26-28-30-46(61)73-38-42(76-49(64)31-29-27-25-23-21-19-17-15-13-11-9-7-5-2)39-74-48(63)33-32-47(62)72-34-35-79(67,68)52(54,55)80(69,70)78-81(53,71)75-40-44-43(58-59-56)36-45(77-44)60-37-41(3)50(65)57-51(60)66/h37,42-45H,4-36,38-40H2,1-3H3,(H,67,68)(H,69,70)(H,57,65,66)/q-1/t42?,43?,44-,45-,81+/m1/s1. The summed E-state index contributed by atoms with van der Waals surface area (Å²) in [6.45, 7) is 2.60. The molecule has 0 spiro atoms. The van der Waals surface area contributed by atoms with E-state index in [9.17, 15) is 52.2 Å². The van der Waals surface area contributed by atoms with Gasteiger partial charge in [0.15, 0.2) is 6.10 Å². The van der Waals surface area contributed by atoms with Crippen LogP contribution < -0.4 is 11.2 Å². The summed E-state index contributed by atoms with van der Waals surface area (Å²) in [4.78, 5) is 99.7. The number of azide groups is 1. The minimum absolute atomic E-state index is 0.0883. The van der Waals surface area contributed by atoms with Crippen molar-refractivity contribution in [1.29, 1.82) is 0 Å². The lowest BCUT2D eigenvalue weighted by atomic mass is 10.0. The zero-order valence-corrected chi connectivity index (χ0v) is 50.4. The van der Waals surface area contributed by atoms with Gasteiger partial charge in [-0.1, -0.05) is 173 Å². The van der Waals surface area contributed by atoms with Crippen molar-refractivity contribution in [1.82, 2.24) is 9.55 Å². The molecule has 1 aromatic heterocycles. The fourth-order valence-corrected chi connectivity index (χ4v) is 13.8. The van der Waals surface area contributed by atoms with Gasteiger partial charge in [-0.3, -0.25) is 47.0 Å². The number of nitrogens with zero attached hydrogens (tertiary/aromatic N) is 4. The van der Waals surface area contributed by atoms with Crippen LogP contribution in [0.4, 0.5) is 8.78 Å². The van der Waals surface area contributed by atoms with Crippen LogP contribution in [0.1, 0.15) is 225 Å². The number of nitrogens with one attached hydrogen (secondary N) is 1. The summed E-state index contributed by atoms with van der Waals surface area (Å²) in [5.41, 5.74) is 7.49. The van der Waals surface area contributed by atoms with E-state index in [4.69, 9.17) is 41.3 Å². The molecule has 0 bridgehead atoms. The van der Waals surface area contributed by atoms with E-state index >= 15 is 8.78 Å². The van der Waals surface area contributed by atoms with Crippen molar-refractivity contribution in [2.24, 2.45) is 5.11 Å². The highest BCUT2D eigenvalue weighted by Crippen LogP contribution is 2.78. The number of hydrogen-bond acceptors (Lipinski definition) is 17. The highest BCUT2D eigenvalue weighted by Gasteiger charge is 2.65. The van der Waals surface area contributed by atoms with Gasteiger partial charge in [-0.15, -0.1) is 0 Å². The van der Waals surface area contributed by atoms with Crippen LogP contribution in [-0.2, 0) is 65.4 Å². The van der Waals surface area contributed by atoms with Crippen LogP contribution in [0.15, 0.2) is 20.9 Å². The zero-order valence-electron chi connectivity index (χ0n) is 47.7. The molecule has 0 aliphatic carbocycles. The van der Waals surface area contributed by atoms with E-state index in [2.05, 4.69) is 28.2 Å². The van der Waals surface area contributed by atoms with E-state index in [-0.39, 0.29) is 24.8 Å². The maximum absolute atomic E-state index is 15.2. The van der Waals surface area contributed by atoms with Gasteiger partial charge < -0.3 is 50.1 Å². The van der Waals surface area contributed by atoms with E-state index in [0.717, 1.165) is 62.1 Å². The van der Waals surface area contributed by atoms with Gasteiger partial charge in [-0.2, -0.15) is 8.78 Å². The Morgan fingerprint density at radius 2 is 1.17 bits per heavy atom. The van der Waals surface area contributed by atoms with Gasteiger partial charge in [0, 0.05) is 35.9 Å². The van der Waals surface area contributed by atoms with Gasteiger partial charge in [0.25, 0.3) is 12.9 Å². The number of unbranched alkanes of at least 4 members (excludes halogenated alkanes) is 24. The Balaban J connectivity index is 1.85. The number of aryl methyl sites for hydroxylation is 1. The molecule has 2 rings (SSSR count). The molecule has 23 nitrogen and oxygen atoms in total. The van der Waals surface area contributed by atoms with Crippen LogP contribution in [-0.4, -0.2) is 107 Å². The molecule has 0 aromatic carbocycles. The molecule has 3 N–H and O–H groups in total. The van der Waals surface area contributed by atoms with Crippen molar-refractivity contribution in [3.8, 4) is 0 Å². The maximum atomic E-state index is 15.2. The van der Waals surface area contributed by atoms with Crippen molar-refractivity contribution in [3.05, 3.63) is 43.0 Å². The maximum Gasteiger partial charge on any atom is 0.418 e. The number of alkyl halides is 2. The Labute approximate surface area is 476 Å². The first kappa shape index (κ1) is 73.4. The number of ether oxygens (including phenoxy) is 5. The predicted octanol–water partition coefficient (Wildman–Crippen LogP) is 12.4. The van der Waals surface area contributed by atoms with Gasteiger partial charge in [0.2, 0.25) is 0 Å². The van der Waals surface area contributed by atoms with Crippen LogP contribution in [0.3, 0.4) is 0 Å². The lowest BCUT2D eigenvalue weighted by Gasteiger charge is -2.33. The fraction of sp³-hybridized carbons (Fsp3) is 0.846. The van der Waals surface area contributed by atoms with Crippen LogP contribution in [0.2, 0.25) is 0 Å².